The van der Waals surface area contributed by atoms with Gasteiger partial charge in [-0.05, 0) is 67.3 Å². The lowest BCUT2D eigenvalue weighted by molar-refractivity contribution is -0.136. The van der Waals surface area contributed by atoms with Crippen molar-refractivity contribution in [3.63, 3.8) is 0 Å². The van der Waals surface area contributed by atoms with E-state index in [1.54, 1.807) is 29.5 Å². The lowest BCUT2D eigenvalue weighted by Crippen LogP contribution is -2.30. The number of thiophene rings is 1. The second-order valence-electron chi connectivity index (χ2n) is 9.16. The molecule has 5 nitrogen and oxygen atoms in total. The van der Waals surface area contributed by atoms with Crippen molar-refractivity contribution in [2.24, 2.45) is 5.92 Å². The number of hydrogen-bond acceptors (Lipinski definition) is 4. The normalized spacial score (nSPS) is 11.9. The van der Waals surface area contributed by atoms with Gasteiger partial charge >= 0.3 is 5.97 Å². The Labute approximate surface area is 205 Å². The third-order valence-electron chi connectivity index (χ3n) is 5.55. The predicted octanol–water partition coefficient (Wildman–Crippen LogP) is 6.48. The van der Waals surface area contributed by atoms with Crippen LogP contribution in [-0.2, 0) is 17.8 Å². The van der Waals surface area contributed by atoms with Crippen LogP contribution in [0.5, 0.6) is 5.75 Å². The van der Waals surface area contributed by atoms with Gasteiger partial charge in [0.2, 0.25) is 0 Å². The van der Waals surface area contributed by atoms with Crippen molar-refractivity contribution in [2.45, 2.75) is 59.6 Å². The molecule has 0 radical (unpaired) electrons. The summed E-state index contributed by atoms with van der Waals surface area (Å²) < 4.78 is 5.92. The minimum atomic E-state index is -0.891. The number of hydrogen-bond donors (Lipinski definition) is 2. The molecular formula is C28H33NO4S. The summed E-state index contributed by atoms with van der Waals surface area (Å²) in [7, 11) is 0. The van der Waals surface area contributed by atoms with Crippen molar-refractivity contribution < 1.29 is 19.4 Å². The Balaban J connectivity index is 1.88. The van der Waals surface area contributed by atoms with Crippen LogP contribution >= 0.6 is 11.3 Å². The molecule has 1 aromatic heterocycles. The number of benzene rings is 2. The molecule has 0 aliphatic heterocycles. The summed E-state index contributed by atoms with van der Waals surface area (Å²) >= 11 is 1.61. The molecule has 1 unspecified atom stereocenters. The van der Waals surface area contributed by atoms with Crippen LogP contribution in [0, 0.1) is 19.8 Å². The predicted molar refractivity (Wildman–Crippen MR) is 137 cm³/mol. The fourth-order valence-corrected chi connectivity index (χ4v) is 4.68. The fraction of sp³-hybridized carbons (Fsp3) is 0.357. The molecule has 0 saturated carbocycles. The van der Waals surface area contributed by atoms with E-state index in [0.29, 0.717) is 29.4 Å². The first-order valence-corrected chi connectivity index (χ1v) is 12.5. The minimum absolute atomic E-state index is 0.0395. The maximum Gasteiger partial charge on any atom is 0.303 e. The molecule has 0 bridgehead atoms. The van der Waals surface area contributed by atoms with Crippen LogP contribution in [0.1, 0.15) is 70.2 Å². The number of aryl methyl sites for hydroxylation is 3. The van der Waals surface area contributed by atoms with Crippen LogP contribution in [0.25, 0.3) is 0 Å². The standard InChI is InChI=1S/C28H33NO4S/c1-18(2)12-26(22-14-19(3)13-20(4)15-22)29-28(32)25-16-23(33-17-24-6-5-11-34-24)9-7-21(25)8-10-27(30)31/h5-7,9,11,13-16,18,26H,8,10,12,17H2,1-4H3,(H,29,32)(H,30,31). The number of carboxylic acids is 1. The van der Waals surface area contributed by atoms with E-state index in [2.05, 4.69) is 51.2 Å². The topological polar surface area (TPSA) is 75.6 Å². The average molecular weight is 480 g/mol. The number of rotatable bonds is 11. The molecule has 3 rings (SSSR count). The number of carbonyl (C=O) groups is 2. The van der Waals surface area contributed by atoms with E-state index in [1.165, 1.54) is 0 Å². The molecule has 0 spiro atoms. The Bertz CT molecular complexity index is 1100. The van der Waals surface area contributed by atoms with E-state index < -0.39 is 5.97 Å². The average Bonchev–Trinajstić information content (AvgIpc) is 3.28. The Hall–Kier alpha value is -3.12. The zero-order valence-electron chi connectivity index (χ0n) is 20.3. The van der Waals surface area contributed by atoms with Gasteiger partial charge in [-0.25, -0.2) is 0 Å². The molecule has 2 aromatic carbocycles. The van der Waals surface area contributed by atoms with E-state index in [0.717, 1.165) is 28.0 Å². The van der Waals surface area contributed by atoms with Gasteiger partial charge in [-0.3, -0.25) is 9.59 Å². The fourth-order valence-electron chi connectivity index (χ4n) is 4.06. The number of nitrogens with one attached hydrogen (secondary N) is 1. The van der Waals surface area contributed by atoms with Crippen molar-refractivity contribution in [3.8, 4) is 5.75 Å². The molecular weight excluding hydrogens is 446 g/mol. The molecule has 2 N–H and O–H groups in total. The Morgan fingerprint density at radius 1 is 1.06 bits per heavy atom. The second kappa shape index (κ2) is 11.8. The second-order valence-corrected chi connectivity index (χ2v) is 10.2. The Morgan fingerprint density at radius 2 is 1.79 bits per heavy atom. The third kappa shape index (κ3) is 7.45. The molecule has 6 heteroatoms. The molecule has 1 atom stereocenters. The number of aliphatic carboxylic acids is 1. The molecule has 1 heterocycles. The van der Waals surface area contributed by atoms with Crippen LogP contribution in [0.15, 0.2) is 53.9 Å². The number of carboxylic acid groups (broad SMARTS) is 1. The maximum atomic E-state index is 13.5. The molecule has 0 aliphatic carbocycles. The summed E-state index contributed by atoms with van der Waals surface area (Å²) in [5, 5.41) is 14.4. The van der Waals surface area contributed by atoms with Crippen molar-refractivity contribution in [2.75, 3.05) is 0 Å². The van der Waals surface area contributed by atoms with Gasteiger partial charge in [-0.2, -0.15) is 0 Å². The molecule has 34 heavy (non-hydrogen) atoms. The first-order valence-electron chi connectivity index (χ1n) is 11.6. The summed E-state index contributed by atoms with van der Waals surface area (Å²) in [6.07, 6.45) is 1.04. The molecule has 180 valence electrons. The van der Waals surface area contributed by atoms with Crippen LogP contribution in [0.4, 0.5) is 0 Å². The largest absolute Gasteiger partial charge is 0.488 e. The Kier molecular flexibility index (Phi) is 8.88. The SMILES string of the molecule is Cc1cc(C)cc(C(CC(C)C)NC(=O)c2cc(OCc3cccs3)ccc2CCC(=O)O)c1. The van der Waals surface area contributed by atoms with Gasteiger partial charge in [0.15, 0.2) is 0 Å². The zero-order valence-corrected chi connectivity index (χ0v) is 21.1. The maximum absolute atomic E-state index is 13.5. The van der Waals surface area contributed by atoms with Gasteiger partial charge < -0.3 is 15.2 Å². The monoisotopic (exact) mass is 479 g/mol. The van der Waals surface area contributed by atoms with Crippen molar-refractivity contribution >= 4 is 23.2 Å². The van der Waals surface area contributed by atoms with E-state index in [9.17, 15) is 9.59 Å². The first-order chi connectivity index (χ1) is 16.2. The molecule has 3 aromatic rings. The summed E-state index contributed by atoms with van der Waals surface area (Å²) in [5.41, 5.74) is 4.56. The lowest BCUT2D eigenvalue weighted by Gasteiger charge is -2.23. The lowest BCUT2D eigenvalue weighted by atomic mass is 9.93. The van der Waals surface area contributed by atoms with Gasteiger partial charge in [0.1, 0.15) is 12.4 Å². The highest BCUT2D eigenvalue weighted by atomic mass is 32.1. The quantitative estimate of drug-likeness (QED) is 0.330. The molecule has 0 aliphatic rings. The summed E-state index contributed by atoms with van der Waals surface area (Å²) in [6.45, 7) is 8.82. The van der Waals surface area contributed by atoms with Crippen molar-refractivity contribution in [1.29, 1.82) is 0 Å². The van der Waals surface area contributed by atoms with Gasteiger partial charge in [-0.1, -0.05) is 55.3 Å². The van der Waals surface area contributed by atoms with Gasteiger partial charge in [-0.15, -0.1) is 11.3 Å². The summed E-state index contributed by atoms with van der Waals surface area (Å²) in [5.74, 6) is -0.133. The molecule has 0 saturated heterocycles. The smallest absolute Gasteiger partial charge is 0.303 e. The molecule has 1 amide bonds. The number of ether oxygens (including phenoxy) is 1. The highest BCUT2D eigenvalue weighted by Gasteiger charge is 2.21. The highest BCUT2D eigenvalue weighted by molar-refractivity contribution is 7.09. The van der Waals surface area contributed by atoms with Crippen LogP contribution in [-0.4, -0.2) is 17.0 Å². The zero-order chi connectivity index (χ0) is 24.7. The van der Waals surface area contributed by atoms with Crippen LogP contribution < -0.4 is 10.1 Å². The van der Waals surface area contributed by atoms with Crippen LogP contribution in [0.3, 0.4) is 0 Å². The molecule has 0 fully saturated rings. The van der Waals surface area contributed by atoms with Crippen molar-refractivity contribution in [3.05, 3.63) is 86.6 Å². The number of amides is 1. The van der Waals surface area contributed by atoms with Gasteiger partial charge in [0.05, 0.1) is 6.04 Å². The van der Waals surface area contributed by atoms with E-state index in [-0.39, 0.29) is 24.8 Å². The van der Waals surface area contributed by atoms with Crippen molar-refractivity contribution in [1.82, 2.24) is 5.32 Å². The van der Waals surface area contributed by atoms with E-state index in [4.69, 9.17) is 9.84 Å². The third-order valence-corrected chi connectivity index (χ3v) is 6.40. The van der Waals surface area contributed by atoms with E-state index >= 15 is 0 Å². The minimum Gasteiger partial charge on any atom is -0.488 e. The highest BCUT2D eigenvalue weighted by Crippen LogP contribution is 2.26. The summed E-state index contributed by atoms with van der Waals surface area (Å²) in [4.78, 5) is 25.8. The Morgan fingerprint density at radius 3 is 2.41 bits per heavy atom. The number of carbonyl (C=O) groups excluding carboxylic acids is 1. The summed E-state index contributed by atoms with van der Waals surface area (Å²) in [6, 6.07) is 15.5. The van der Waals surface area contributed by atoms with E-state index in [1.807, 2.05) is 17.5 Å². The van der Waals surface area contributed by atoms with Gasteiger partial charge in [0, 0.05) is 16.9 Å². The first kappa shape index (κ1) is 25.5. The van der Waals surface area contributed by atoms with Gasteiger partial charge in [0.25, 0.3) is 5.91 Å². The van der Waals surface area contributed by atoms with Crippen LogP contribution in [0.2, 0.25) is 0 Å².